The predicted molar refractivity (Wildman–Crippen MR) is 88.2 cm³/mol. The van der Waals surface area contributed by atoms with E-state index in [-0.39, 0.29) is 11.0 Å². The van der Waals surface area contributed by atoms with Gasteiger partial charge in [0.15, 0.2) is 0 Å². The van der Waals surface area contributed by atoms with Crippen molar-refractivity contribution in [3.63, 3.8) is 0 Å². The molecule has 0 fully saturated rings. The molecule has 0 spiro atoms. The van der Waals surface area contributed by atoms with Crippen molar-refractivity contribution in [2.24, 2.45) is 5.41 Å². The Labute approximate surface area is 125 Å². The quantitative estimate of drug-likeness (QED) is 0.673. The lowest BCUT2D eigenvalue weighted by atomic mass is 9.72. The summed E-state index contributed by atoms with van der Waals surface area (Å²) in [6.45, 7) is 18.6. The number of rotatable bonds is 5. The monoisotopic (exact) mass is 276 g/mol. The molecule has 1 aromatic carbocycles. The van der Waals surface area contributed by atoms with Gasteiger partial charge < -0.3 is 4.74 Å². The minimum atomic E-state index is -0.207. The van der Waals surface area contributed by atoms with Gasteiger partial charge in [0.25, 0.3) is 0 Å². The summed E-state index contributed by atoms with van der Waals surface area (Å²) in [6, 6.07) is 8.97. The third-order valence-corrected chi connectivity index (χ3v) is 3.84. The van der Waals surface area contributed by atoms with Crippen molar-refractivity contribution >= 4 is 0 Å². The van der Waals surface area contributed by atoms with Crippen LogP contribution in [0.1, 0.15) is 72.9 Å². The summed E-state index contributed by atoms with van der Waals surface area (Å²) in [5, 5.41) is 0. The molecule has 0 radical (unpaired) electrons. The van der Waals surface area contributed by atoms with Crippen LogP contribution in [0.15, 0.2) is 24.3 Å². The highest BCUT2D eigenvalue weighted by Gasteiger charge is 2.28. The fourth-order valence-corrected chi connectivity index (χ4v) is 3.19. The van der Waals surface area contributed by atoms with Crippen LogP contribution in [0.2, 0.25) is 0 Å². The van der Waals surface area contributed by atoms with E-state index in [0.717, 1.165) is 6.61 Å². The Morgan fingerprint density at radius 1 is 0.800 bits per heavy atom. The molecule has 20 heavy (non-hydrogen) atoms. The molecule has 0 aliphatic rings. The van der Waals surface area contributed by atoms with Crippen LogP contribution in [0.25, 0.3) is 0 Å². The Balaban J connectivity index is 2.96. The summed E-state index contributed by atoms with van der Waals surface area (Å²) in [6.07, 6.45) is 1.17. The summed E-state index contributed by atoms with van der Waals surface area (Å²) in [5.41, 5.74) is 2.99. The van der Waals surface area contributed by atoms with Crippen LogP contribution in [-0.4, -0.2) is 6.61 Å². The van der Waals surface area contributed by atoms with Crippen LogP contribution in [0.3, 0.4) is 0 Å². The average molecular weight is 276 g/mol. The lowest BCUT2D eigenvalue weighted by molar-refractivity contribution is -0.0140. The molecule has 1 aromatic rings. The molecule has 0 saturated carbocycles. The molecule has 0 N–H and O–H groups in total. The molecule has 0 aliphatic carbocycles. The van der Waals surface area contributed by atoms with Gasteiger partial charge >= 0.3 is 0 Å². The molecule has 0 atom stereocenters. The van der Waals surface area contributed by atoms with Gasteiger partial charge in [-0.05, 0) is 49.1 Å². The van der Waals surface area contributed by atoms with Gasteiger partial charge in [0, 0.05) is 6.61 Å². The fourth-order valence-electron chi connectivity index (χ4n) is 3.19. The second-order valence-electron chi connectivity index (χ2n) is 8.14. The second-order valence-corrected chi connectivity index (χ2v) is 8.14. The number of benzene rings is 1. The molecule has 0 amide bonds. The molecule has 0 bridgehead atoms. The largest absolute Gasteiger partial charge is 0.371 e. The number of ether oxygens (including phenoxy) is 1. The molecule has 1 nitrogen and oxygen atoms in total. The van der Waals surface area contributed by atoms with E-state index in [4.69, 9.17) is 4.74 Å². The van der Waals surface area contributed by atoms with Gasteiger partial charge in [-0.25, -0.2) is 0 Å². The van der Waals surface area contributed by atoms with E-state index in [9.17, 15) is 0 Å². The highest BCUT2D eigenvalue weighted by atomic mass is 16.5. The van der Waals surface area contributed by atoms with Crippen LogP contribution < -0.4 is 0 Å². The summed E-state index contributed by atoms with van der Waals surface area (Å²) < 4.78 is 5.82. The van der Waals surface area contributed by atoms with Gasteiger partial charge in [0.1, 0.15) is 0 Å². The molecule has 0 aliphatic heterocycles. The predicted octanol–water partition coefficient (Wildman–Crippen LogP) is 5.67. The Morgan fingerprint density at radius 2 is 1.25 bits per heavy atom. The standard InChI is InChI=1S/C19H32O/c1-9-20-19(7,8)16-12-10-15(11-13-16)18(5,6)14-17(2,3)4/h10-13H,9,14H2,1-8H3. The summed E-state index contributed by atoms with van der Waals surface area (Å²) in [7, 11) is 0. The summed E-state index contributed by atoms with van der Waals surface area (Å²) in [4.78, 5) is 0. The number of hydrogen-bond acceptors (Lipinski definition) is 1. The van der Waals surface area contributed by atoms with E-state index in [0.29, 0.717) is 5.41 Å². The lowest BCUT2D eigenvalue weighted by Gasteiger charge is -2.33. The first-order valence-corrected chi connectivity index (χ1v) is 7.73. The topological polar surface area (TPSA) is 9.23 Å². The molecule has 0 saturated heterocycles. The Morgan fingerprint density at radius 3 is 1.65 bits per heavy atom. The molecule has 0 heterocycles. The van der Waals surface area contributed by atoms with E-state index in [1.807, 2.05) is 6.92 Å². The highest BCUT2D eigenvalue weighted by Crippen LogP contribution is 2.37. The third kappa shape index (κ3) is 4.63. The third-order valence-electron chi connectivity index (χ3n) is 3.84. The Hall–Kier alpha value is -0.820. The molecule has 1 heteroatoms. The van der Waals surface area contributed by atoms with Gasteiger partial charge in [0.05, 0.1) is 5.60 Å². The maximum Gasteiger partial charge on any atom is 0.0875 e. The van der Waals surface area contributed by atoms with Crippen molar-refractivity contribution in [2.75, 3.05) is 6.61 Å². The van der Waals surface area contributed by atoms with E-state index in [1.165, 1.54) is 17.5 Å². The zero-order chi connectivity index (χ0) is 15.6. The van der Waals surface area contributed by atoms with Gasteiger partial charge in [-0.1, -0.05) is 58.9 Å². The van der Waals surface area contributed by atoms with Crippen molar-refractivity contribution in [2.45, 2.75) is 72.8 Å². The van der Waals surface area contributed by atoms with Crippen molar-refractivity contribution in [1.29, 1.82) is 0 Å². The van der Waals surface area contributed by atoms with Crippen molar-refractivity contribution < 1.29 is 4.74 Å². The van der Waals surface area contributed by atoms with Crippen LogP contribution >= 0.6 is 0 Å². The van der Waals surface area contributed by atoms with Crippen LogP contribution in [-0.2, 0) is 15.8 Å². The molecule has 0 aromatic heterocycles. The van der Waals surface area contributed by atoms with Crippen LogP contribution in [0.4, 0.5) is 0 Å². The van der Waals surface area contributed by atoms with Crippen molar-refractivity contribution in [3.8, 4) is 0 Å². The van der Waals surface area contributed by atoms with Crippen molar-refractivity contribution in [3.05, 3.63) is 35.4 Å². The summed E-state index contributed by atoms with van der Waals surface area (Å²) >= 11 is 0. The fraction of sp³-hybridized carbons (Fsp3) is 0.684. The van der Waals surface area contributed by atoms with E-state index >= 15 is 0 Å². The molecule has 114 valence electrons. The van der Waals surface area contributed by atoms with Crippen molar-refractivity contribution in [1.82, 2.24) is 0 Å². The average Bonchev–Trinajstić information content (AvgIpc) is 2.26. The maximum atomic E-state index is 5.82. The van der Waals surface area contributed by atoms with Crippen LogP contribution in [0.5, 0.6) is 0 Å². The molecular weight excluding hydrogens is 244 g/mol. The number of hydrogen-bond donors (Lipinski definition) is 0. The van der Waals surface area contributed by atoms with E-state index in [1.54, 1.807) is 0 Å². The lowest BCUT2D eigenvalue weighted by Crippen LogP contribution is -2.25. The first kappa shape index (κ1) is 17.2. The van der Waals surface area contributed by atoms with Gasteiger partial charge in [-0.15, -0.1) is 0 Å². The Bertz CT molecular complexity index is 418. The second kappa shape index (κ2) is 5.89. The first-order valence-electron chi connectivity index (χ1n) is 7.73. The van der Waals surface area contributed by atoms with Gasteiger partial charge in [-0.3, -0.25) is 0 Å². The molecular formula is C19H32O. The van der Waals surface area contributed by atoms with Gasteiger partial charge in [-0.2, -0.15) is 0 Å². The molecule has 1 rings (SSSR count). The van der Waals surface area contributed by atoms with E-state index in [2.05, 4.69) is 72.7 Å². The van der Waals surface area contributed by atoms with Crippen LogP contribution in [0, 0.1) is 5.41 Å². The molecule has 0 unspecified atom stereocenters. The zero-order valence-electron chi connectivity index (χ0n) is 14.6. The minimum absolute atomic E-state index is 0.201. The Kier molecular flexibility index (Phi) is 5.08. The van der Waals surface area contributed by atoms with E-state index < -0.39 is 0 Å². The maximum absolute atomic E-state index is 5.82. The van der Waals surface area contributed by atoms with Gasteiger partial charge in [0.2, 0.25) is 0 Å². The summed E-state index contributed by atoms with van der Waals surface area (Å²) in [5.74, 6) is 0. The minimum Gasteiger partial charge on any atom is -0.371 e. The first-order chi connectivity index (χ1) is 8.98. The SMILES string of the molecule is CCOC(C)(C)c1ccc(C(C)(C)CC(C)(C)C)cc1. The normalized spacial score (nSPS) is 13.6. The zero-order valence-corrected chi connectivity index (χ0v) is 14.6. The smallest absolute Gasteiger partial charge is 0.0875 e. The highest BCUT2D eigenvalue weighted by molar-refractivity contribution is 5.31.